The van der Waals surface area contributed by atoms with Crippen LogP contribution < -0.4 is 0 Å². The number of carbonyl (C=O) groups excluding carboxylic acids is 1. The number of hydrogen-bond acceptors (Lipinski definition) is 2. The van der Waals surface area contributed by atoms with E-state index in [1.807, 2.05) is 42.1 Å². The number of carbonyl (C=O) groups is 1. The zero-order valence-electron chi connectivity index (χ0n) is 11.2. The fraction of sp³-hybridized carbons (Fsp3) is 0.375. The molecule has 0 aliphatic heterocycles. The van der Waals surface area contributed by atoms with Crippen LogP contribution >= 0.6 is 0 Å². The van der Waals surface area contributed by atoms with E-state index < -0.39 is 0 Å². The Morgan fingerprint density at radius 3 is 2.74 bits per heavy atom. The molecule has 0 N–H and O–H groups in total. The van der Waals surface area contributed by atoms with E-state index in [-0.39, 0.29) is 5.78 Å². The molecule has 0 atom stereocenters. The summed E-state index contributed by atoms with van der Waals surface area (Å²) in [5, 5.41) is 0. The molecule has 0 radical (unpaired) electrons. The minimum Gasteiger partial charge on any atom is -0.327 e. The molecule has 98 valence electrons. The number of imidazole rings is 1. The number of hydrogen-bond donors (Lipinski definition) is 0. The van der Waals surface area contributed by atoms with Crippen molar-refractivity contribution in [3.63, 3.8) is 0 Å². The van der Waals surface area contributed by atoms with Crippen LogP contribution in [0.4, 0.5) is 0 Å². The zero-order chi connectivity index (χ0) is 13.2. The van der Waals surface area contributed by atoms with E-state index >= 15 is 0 Å². The Balaban J connectivity index is 1.79. The first kappa shape index (κ1) is 12.2. The first-order chi connectivity index (χ1) is 9.24. The van der Waals surface area contributed by atoms with E-state index in [0.29, 0.717) is 6.54 Å². The lowest BCUT2D eigenvalue weighted by atomic mass is 10.0. The number of aryl methyl sites for hydroxylation is 2. The highest BCUT2D eigenvalue weighted by Crippen LogP contribution is 2.20. The van der Waals surface area contributed by atoms with Gasteiger partial charge in [0.05, 0.1) is 18.6 Å². The molecule has 0 spiro atoms. The fourth-order valence-electron chi connectivity index (χ4n) is 2.65. The van der Waals surface area contributed by atoms with Crippen LogP contribution in [-0.4, -0.2) is 15.3 Å². The summed E-state index contributed by atoms with van der Waals surface area (Å²) in [6.07, 6.45) is 6.35. The highest BCUT2D eigenvalue weighted by atomic mass is 16.1. The van der Waals surface area contributed by atoms with Gasteiger partial charge in [0.15, 0.2) is 5.78 Å². The molecule has 0 fully saturated rings. The smallest absolute Gasteiger partial charge is 0.182 e. The van der Waals surface area contributed by atoms with Crippen LogP contribution in [0.2, 0.25) is 0 Å². The summed E-state index contributed by atoms with van der Waals surface area (Å²) in [5.74, 6) is 0.158. The Bertz CT molecular complexity index is 596. The van der Waals surface area contributed by atoms with Gasteiger partial charge < -0.3 is 4.57 Å². The monoisotopic (exact) mass is 254 g/mol. The lowest BCUT2D eigenvalue weighted by Crippen LogP contribution is -2.14. The van der Waals surface area contributed by atoms with Gasteiger partial charge in [-0.25, -0.2) is 4.98 Å². The third-order valence-electron chi connectivity index (χ3n) is 3.80. The molecule has 0 bridgehead atoms. The Morgan fingerprint density at radius 2 is 1.95 bits per heavy atom. The van der Waals surface area contributed by atoms with E-state index in [1.54, 1.807) is 0 Å². The topological polar surface area (TPSA) is 34.9 Å². The molecule has 1 aliphatic rings. The normalized spacial score (nSPS) is 14.2. The first-order valence-electron chi connectivity index (χ1n) is 6.87. The third kappa shape index (κ3) is 2.46. The molecule has 1 heterocycles. The van der Waals surface area contributed by atoms with Crippen LogP contribution in [0, 0.1) is 6.92 Å². The number of ketones is 1. The number of nitrogens with zero attached hydrogens (tertiary/aromatic N) is 2. The molecule has 3 nitrogen and oxygen atoms in total. The minimum absolute atomic E-state index is 0.158. The van der Waals surface area contributed by atoms with Crippen LogP contribution in [0.15, 0.2) is 30.6 Å². The van der Waals surface area contributed by atoms with Gasteiger partial charge in [0.1, 0.15) is 0 Å². The Labute approximate surface area is 113 Å². The molecule has 1 aromatic heterocycles. The second kappa shape index (κ2) is 5.00. The molecule has 1 aliphatic carbocycles. The van der Waals surface area contributed by atoms with Crippen molar-refractivity contribution in [1.29, 1.82) is 0 Å². The van der Waals surface area contributed by atoms with Crippen molar-refractivity contribution in [3.8, 4) is 0 Å². The van der Waals surface area contributed by atoms with Crippen LogP contribution in [0.1, 0.15) is 40.2 Å². The van der Waals surface area contributed by atoms with Crippen molar-refractivity contribution in [2.24, 2.45) is 0 Å². The van der Waals surface area contributed by atoms with E-state index in [2.05, 4.69) is 4.98 Å². The Hall–Kier alpha value is -1.90. The second-order valence-corrected chi connectivity index (χ2v) is 5.26. The van der Waals surface area contributed by atoms with Crippen molar-refractivity contribution in [1.82, 2.24) is 9.55 Å². The molecule has 0 unspecified atom stereocenters. The highest BCUT2D eigenvalue weighted by molar-refractivity contribution is 5.95. The first-order valence-corrected chi connectivity index (χ1v) is 6.87. The molecule has 19 heavy (non-hydrogen) atoms. The average molecular weight is 254 g/mol. The van der Waals surface area contributed by atoms with Crippen LogP contribution in [-0.2, 0) is 19.4 Å². The number of benzene rings is 1. The van der Waals surface area contributed by atoms with Gasteiger partial charge in [-0.3, -0.25) is 4.79 Å². The number of fused-ring (bicyclic) bond motifs is 1. The van der Waals surface area contributed by atoms with Crippen molar-refractivity contribution in [2.75, 3.05) is 0 Å². The molecule has 1 aromatic carbocycles. The molecule has 3 rings (SSSR count). The van der Waals surface area contributed by atoms with Crippen molar-refractivity contribution >= 4 is 5.78 Å². The summed E-state index contributed by atoms with van der Waals surface area (Å²) in [6.45, 7) is 2.44. The second-order valence-electron chi connectivity index (χ2n) is 5.26. The molecule has 0 saturated carbocycles. The van der Waals surface area contributed by atoms with Crippen molar-refractivity contribution < 1.29 is 4.79 Å². The maximum atomic E-state index is 12.3. The summed E-state index contributed by atoms with van der Waals surface area (Å²) in [7, 11) is 0. The van der Waals surface area contributed by atoms with Crippen LogP contribution in [0.5, 0.6) is 0 Å². The largest absolute Gasteiger partial charge is 0.327 e. The fourth-order valence-corrected chi connectivity index (χ4v) is 2.65. The van der Waals surface area contributed by atoms with E-state index in [4.69, 9.17) is 0 Å². The summed E-state index contributed by atoms with van der Waals surface area (Å²) in [6, 6.07) is 7.77. The maximum absolute atomic E-state index is 12.3. The van der Waals surface area contributed by atoms with Gasteiger partial charge in [-0.05, 0) is 32.6 Å². The zero-order valence-corrected chi connectivity index (χ0v) is 11.2. The summed E-state index contributed by atoms with van der Waals surface area (Å²) < 4.78 is 2.02. The van der Waals surface area contributed by atoms with Gasteiger partial charge in [-0.2, -0.15) is 0 Å². The van der Waals surface area contributed by atoms with Crippen LogP contribution in [0.25, 0.3) is 0 Å². The van der Waals surface area contributed by atoms with Gasteiger partial charge in [0.25, 0.3) is 0 Å². The quantitative estimate of drug-likeness (QED) is 0.789. The standard InChI is InChI=1S/C16H18N2O/c1-12-6-8-13(9-7-12)16(19)10-18-11-17-14-4-2-3-5-15(14)18/h6-9,11H,2-5,10H2,1H3. The maximum Gasteiger partial charge on any atom is 0.182 e. The molecular formula is C16H18N2O. The average Bonchev–Trinajstić information content (AvgIpc) is 2.83. The lowest BCUT2D eigenvalue weighted by molar-refractivity contribution is 0.0971. The van der Waals surface area contributed by atoms with E-state index in [0.717, 1.165) is 18.4 Å². The SMILES string of the molecule is Cc1ccc(C(=O)Cn2cnc3c2CCCC3)cc1. The van der Waals surface area contributed by atoms with E-state index in [9.17, 15) is 4.79 Å². The molecular weight excluding hydrogens is 236 g/mol. The minimum atomic E-state index is 0.158. The Kier molecular flexibility index (Phi) is 3.20. The van der Waals surface area contributed by atoms with Gasteiger partial charge in [0, 0.05) is 11.3 Å². The molecule has 0 saturated heterocycles. The number of rotatable bonds is 3. The predicted molar refractivity (Wildman–Crippen MR) is 74.4 cm³/mol. The predicted octanol–water partition coefficient (Wildman–Crippen LogP) is 2.95. The summed E-state index contributed by atoms with van der Waals surface area (Å²) in [5.41, 5.74) is 4.40. The highest BCUT2D eigenvalue weighted by Gasteiger charge is 2.17. The summed E-state index contributed by atoms with van der Waals surface area (Å²) >= 11 is 0. The van der Waals surface area contributed by atoms with Gasteiger partial charge in [-0.15, -0.1) is 0 Å². The number of aromatic nitrogens is 2. The lowest BCUT2D eigenvalue weighted by Gasteiger charge is -2.13. The molecule has 3 heteroatoms. The van der Waals surface area contributed by atoms with Gasteiger partial charge in [-0.1, -0.05) is 29.8 Å². The Morgan fingerprint density at radius 1 is 1.21 bits per heavy atom. The van der Waals surface area contributed by atoms with E-state index in [1.165, 1.54) is 29.8 Å². The van der Waals surface area contributed by atoms with Crippen LogP contribution in [0.3, 0.4) is 0 Å². The van der Waals surface area contributed by atoms with Gasteiger partial charge in [0.2, 0.25) is 0 Å². The van der Waals surface area contributed by atoms with Gasteiger partial charge >= 0.3 is 0 Å². The third-order valence-corrected chi connectivity index (χ3v) is 3.80. The van der Waals surface area contributed by atoms with Crippen molar-refractivity contribution in [2.45, 2.75) is 39.2 Å². The molecule has 0 amide bonds. The number of Topliss-reactive ketones (excluding diaryl/α,β-unsaturated/α-hetero) is 1. The molecule has 2 aromatic rings. The van der Waals surface area contributed by atoms with Crippen molar-refractivity contribution in [3.05, 3.63) is 53.1 Å². The summed E-state index contributed by atoms with van der Waals surface area (Å²) in [4.78, 5) is 16.7.